The van der Waals surface area contributed by atoms with Crippen LogP contribution in [0, 0.1) is 11.1 Å². The van der Waals surface area contributed by atoms with Crippen molar-refractivity contribution in [2.24, 2.45) is 5.92 Å². The first-order chi connectivity index (χ1) is 23.2. The third kappa shape index (κ3) is 8.91. The molecule has 1 saturated carbocycles. The van der Waals surface area contributed by atoms with E-state index in [0.29, 0.717) is 23.1 Å². The van der Waals surface area contributed by atoms with E-state index in [1.165, 1.54) is 47.4 Å². The number of rotatable bonds is 13. The molecular formula is C33H35Cl2F2N3O8S. The summed E-state index contributed by atoms with van der Waals surface area (Å²) in [6.45, 7) is -2.83. The van der Waals surface area contributed by atoms with E-state index in [4.69, 9.17) is 32.7 Å². The summed E-state index contributed by atoms with van der Waals surface area (Å²) < 4.78 is 72.4. The molecule has 0 bridgehead atoms. The van der Waals surface area contributed by atoms with Crippen molar-refractivity contribution in [1.82, 2.24) is 9.21 Å². The molecule has 2 aliphatic rings. The van der Waals surface area contributed by atoms with Crippen LogP contribution in [0.25, 0.3) is 0 Å². The molecule has 1 saturated heterocycles. The molecule has 0 spiro atoms. The highest BCUT2D eigenvalue weighted by Crippen LogP contribution is 2.38. The maximum atomic E-state index is 14.0. The summed E-state index contributed by atoms with van der Waals surface area (Å²) in [6, 6.07) is 8.46. The summed E-state index contributed by atoms with van der Waals surface area (Å²) >= 11 is 12.7. The number of alkyl halides is 2. The molecule has 2 heterocycles. The van der Waals surface area contributed by atoms with Crippen LogP contribution in [0.2, 0.25) is 10.0 Å². The van der Waals surface area contributed by atoms with Gasteiger partial charge in [-0.2, -0.15) is 17.8 Å². The second-order valence-corrected chi connectivity index (χ2v) is 14.8. The van der Waals surface area contributed by atoms with Gasteiger partial charge in [-0.3, -0.25) is 9.59 Å². The molecule has 0 unspecified atom stereocenters. The Kier molecular flexibility index (Phi) is 11.5. The number of esters is 1. The van der Waals surface area contributed by atoms with E-state index in [0.717, 1.165) is 29.5 Å². The fraction of sp³-hybridized carbons (Fsp3) is 0.424. The van der Waals surface area contributed by atoms with Crippen molar-refractivity contribution in [3.63, 3.8) is 0 Å². The van der Waals surface area contributed by atoms with Gasteiger partial charge in [-0.1, -0.05) is 35.3 Å². The summed E-state index contributed by atoms with van der Waals surface area (Å²) in [4.78, 5) is 27.7. The van der Waals surface area contributed by atoms with E-state index < -0.39 is 34.7 Å². The minimum atomic E-state index is -4.27. The van der Waals surface area contributed by atoms with Crippen molar-refractivity contribution in [2.45, 2.75) is 62.2 Å². The van der Waals surface area contributed by atoms with Gasteiger partial charge < -0.3 is 24.3 Å². The van der Waals surface area contributed by atoms with Gasteiger partial charge >= 0.3 is 12.6 Å². The third-order valence-corrected chi connectivity index (χ3v) is 10.8. The topological polar surface area (TPSA) is 129 Å². The first-order valence-electron chi connectivity index (χ1n) is 15.6. The fourth-order valence-corrected chi connectivity index (χ4v) is 7.78. The van der Waals surface area contributed by atoms with Gasteiger partial charge in [0.1, 0.15) is 22.2 Å². The molecule has 1 aliphatic carbocycles. The van der Waals surface area contributed by atoms with Gasteiger partial charge in [0.25, 0.3) is 5.91 Å². The maximum Gasteiger partial charge on any atom is 0.387 e. The Bertz CT molecular complexity index is 1790. The SMILES string of the molecule is CN(C)C(=O)c1cccc(S(=O)(=O)N2CCCC[C@@H]2C(=O)O[C@@H](Cc2c(Cl)c[n+]([O-])cc2Cl)c2ccc(OC(F)F)c(OCC3CC3)c2)c1. The zero-order valence-corrected chi connectivity index (χ0v) is 29.0. The number of amides is 1. The highest BCUT2D eigenvalue weighted by molar-refractivity contribution is 7.89. The average molecular weight is 743 g/mol. The van der Waals surface area contributed by atoms with Crippen molar-refractivity contribution in [2.75, 3.05) is 27.2 Å². The highest BCUT2D eigenvalue weighted by Gasteiger charge is 2.40. The van der Waals surface area contributed by atoms with Crippen LogP contribution in [0.1, 0.15) is 59.7 Å². The molecule has 0 N–H and O–H groups in total. The standard InChI is InChI=1S/C33H35Cl2F2N3O8S/c1-38(2)31(41)22-6-5-7-23(14-22)49(44,45)40-13-4-3-8-27(40)32(42)47-29(16-24-25(34)17-39(43)18-26(24)35)21-11-12-28(48-33(36)37)30(15-21)46-19-20-9-10-20/h5-7,11-12,14-15,17-18,20,27,29,33H,3-4,8-10,13,16,19H2,1-2H3/t27-,29+/m1/s1. The van der Waals surface area contributed by atoms with E-state index >= 15 is 0 Å². The lowest BCUT2D eigenvalue weighted by Gasteiger charge is -2.34. The van der Waals surface area contributed by atoms with E-state index in [1.54, 1.807) is 14.1 Å². The lowest BCUT2D eigenvalue weighted by Crippen LogP contribution is -2.48. The van der Waals surface area contributed by atoms with Crippen LogP contribution in [0.15, 0.2) is 59.8 Å². The van der Waals surface area contributed by atoms with Crippen LogP contribution < -0.4 is 14.2 Å². The van der Waals surface area contributed by atoms with Crippen LogP contribution in [0.5, 0.6) is 11.5 Å². The Hall–Kier alpha value is -3.72. The van der Waals surface area contributed by atoms with Gasteiger partial charge in [0.2, 0.25) is 10.0 Å². The number of piperidine rings is 1. The zero-order valence-electron chi connectivity index (χ0n) is 26.7. The zero-order chi connectivity index (χ0) is 35.5. The Morgan fingerprint density at radius 3 is 2.41 bits per heavy atom. The van der Waals surface area contributed by atoms with E-state index in [9.17, 15) is 32.0 Å². The number of hydrogen-bond acceptors (Lipinski definition) is 8. The molecule has 2 aromatic carbocycles. The number of halogens is 4. The van der Waals surface area contributed by atoms with Crippen molar-refractivity contribution in [3.05, 3.63) is 86.8 Å². The lowest BCUT2D eigenvalue weighted by molar-refractivity contribution is -0.605. The van der Waals surface area contributed by atoms with Gasteiger partial charge in [-0.15, -0.1) is 0 Å². The molecule has 1 aliphatic heterocycles. The molecule has 2 atom stereocenters. The molecule has 264 valence electrons. The van der Waals surface area contributed by atoms with Crippen LogP contribution >= 0.6 is 23.2 Å². The molecule has 0 radical (unpaired) electrons. The Labute approximate surface area is 292 Å². The van der Waals surface area contributed by atoms with E-state index in [2.05, 4.69) is 4.74 Å². The van der Waals surface area contributed by atoms with Crippen LogP contribution in [0.4, 0.5) is 8.78 Å². The largest absolute Gasteiger partial charge is 0.619 e. The molecule has 1 amide bonds. The minimum absolute atomic E-state index is 0.00225. The Morgan fingerprint density at radius 1 is 1.04 bits per heavy atom. The number of aromatic nitrogens is 1. The van der Waals surface area contributed by atoms with Crippen LogP contribution in [-0.2, 0) is 26.0 Å². The van der Waals surface area contributed by atoms with Gasteiger partial charge in [0.05, 0.1) is 11.5 Å². The van der Waals surface area contributed by atoms with Gasteiger partial charge in [0.15, 0.2) is 23.9 Å². The first-order valence-corrected chi connectivity index (χ1v) is 17.8. The normalized spacial score (nSPS) is 17.4. The summed E-state index contributed by atoms with van der Waals surface area (Å²) in [7, 11) is -1.18. The smallest absolute Gasteiger partial charge is 0.387 e. The van der Waals surface area contributed by atoms with E-state index in [1.807, 2.05) is 0 Å². The summed E-state index contributed by atoms with van der Waals surface area (Å²) in [5.74, 6) is -1.20. The minimum Gasteiger partial charge on any atom is -0.619 e. The van der Waals surface area contributed by atoms with E-state index in [-0.39, 0.29) is 75.4 Å². The fourth-order valence-electron chi connectivity index (χ4n) is 5.49. The maximum absolute atomic E-state index is 14.0. The highest BCUT2D eigenvalue weighted by atomic mass is 35.5. The quantitative estimate of drug-likeness (QED) is 0.122. The van der Waals surface area contributed by atoms with Gasteiger partial charge in [0, 0.05) is 38.2 Å². The lowest BCUT2D eigenvalue weighted by atomic mass is 10.0. The predicted octanol–water partition coefficient (Wildman–Crippen LogP) is 5.79. The number of ether oxygens (including phenoxy) is 3. The molecule has 1 aromatic heterocycles. The molecule has 16 heteroatoms. The molecule has 5 rings (SSSR count). The first kappa shape index (κ1) is 36.6. The Balaban J connectivity index is 1.49. The number of carbonyl (C=O) groups is 2. The third-order valence-electron chi connectivity index (χ3n) is 8.25. The summed E-state index contributed by atoms with van der Waals surface area (Å²) in [5, 5.41) is 11.9. The molecule has 11 nitrogen and oxygen atoms in total. The molecule has 2 fully saturated rings. The van der Waals surface area contributed by atoms with Crippen LogP contribution in [0.3, 0.4) is 0 Å². The van der Waals surface area contributed by atoms with Crippen molar-refractivity contribution in [3.8, 4) is 11.5 Å². The summed E-state index contributed by atoms with van der Waals surface area (Å²) in [6.07, 6.45) is 3.87. The van der Waals surface area contributed by atoms with Crippen LogP contribution in [-0.4, -0.2) is 69.4 Å². The average Bonchev–Trinajstić information content (AvgIpc) is 3.89. The number of hydrogen-bond donors (Lipinski definition) is 0. The number of benzene rings is 2. The number of sulfonamides is 1. The molecular weight excluding hydrogens is 707 g/mol. The molecule has 3 aromatic rings. The van der Waals surface area contributed by atoms with Gasteiger partial charge in [-0.25, -0.2) is 8.42 Å². The van der Waals surface area contributed by atoms with Crippen molar-refractivity contribution >= 4 is 45.1 Å². The molecule has 49 heavy (non-hydrogen) atoms. The second-order valence-electron chi connectivity index (χ2n) is 12.1. The predicted molar refractivity (Wildman–Crippen MR) is 175 cm³/mol. The van der Waals surface area contributed by atoms with Crippen molar-refractivity contribution < 1.29 is 45.7 Å². The second kappa shape index (κ2) is 15.4. The number of carbonyl (C=O) groups excluding carboxylic acids is 2. The number of nitrogens with zero attached hydrogens (tertiary/aromatic N) is 3. The van der Waals surface area contributed by atoms with Crippen molar-refractivity contribution in [1.29, 1.82) is 0 Å². The number of pyridine rings is 1. The van der Waals surface area contributed by atoms with Gasteiger partial charge in [-0.05, 0) is 73.9 Å². The Morgan fingerprint density at radius 2 is 1.76 bits per heavy atom. The monoisotopic (exact) mass is 741 g/mol. The summed E-state index contributed by atoms with van der Waals surface area (Å²) in [5.41, 5.74) is 0.723.